The Morgan fingerprint density at radius 3 is 2.64 bits per heavy atom. The van der Waals surface area contributed by atoms with E-state index in [2.05, 4.69) is 0 Å². The summed E-state index contributed by atoms with van der Waals surface area (Å²) in [5.41, 5.74) is 2.79. The van der Waals surface area contributed by atoms with Gasteiger partial charge in [0.2, 0.25) is 0 Å². The highest BCUT2D eigenvalue weighted by molar-refractivity contribution is 5.99. The first-order valence-electron chi connectivity index (χ1n) is 7.23. The molecule has 3 rings (SSSR count). The van der Waals surface area contributed by atoms with Crippen molar-refractivity contribution in [2.75, 3.05) is 0 Å². The lowest BCUT2D eigenvalue weighted by molar-refractivity contribution is 0.0698. The van der Waals surface area contributed by atoms with Crippen LogP contribution in [0.15, 0.2) is 54.9 Å². The molecule has 0 fully saturated rings. The Hall–Kier alpha value is -2.75. The van der Waals surface area contributed by atoms with Crippen LogP contribution < -0.4 is 4.74 Å². The van der Waals surface area contributed by atoms with Gasteiger partial charge >= 0.3 is 5.97 Å². The molecule has 0 amide bonds. The Morgan fingerprint density at radius 2 is 1.95 bits per heavy atom. The van der Waals surface area contributed by atoms with Crippen LogP contribution in [0.5, 0.6) is 5.75 Å². The first-order chi connectivity index (χ1) is 10.7. The normalized spacial score (nSPS) is 10.8. The predicted molar refractivity (Wildman–Crippen MR) is 84.5 cm³/mol. The van der Waals surface area contributed by atoms with Crippen LogP contribution in [0.4, 0.5) is 0 Å². The van der Waals surface area contributed by atoms with E-state index in [1.54, 1.807) is 0 Å². The monoisotopic (exact) mass is 295 g/mol. The summed E-state index contributed by atoms with van der Waals surface area (Å²) in [6, 6.07) is 13.5. The molecule has 0 unspecified atom stereocenters. The summed E-state index contributed by atoms with van der Waals surface area (Å²) in [7, 11) is 0. The zero-order valence-electron chi connectivity index (χ0n) is 12.3. The van der Waals surface area contributed by atoms with Crippen LogP contribution >= 0.6 is 0 Å². The summed E-state index contributed by atoms with van der Waals surface area (Å²) >= 11 is 0. The van der Waals surface area contributed by atoms with Gasteiger partial charge in [-0.15, -0.1) is 0 Å². The van der Waals surface area contributed by atoms with Crippen LogP contribution in [-0.2, 0) is 13.0 Å². The third-order valence-corrected chi connectivity index (χ3v) is 3.67. The Kier molecular flexibility index (Phi) is 3.83. The smallest absolute Gasteiger partial charge is 0.338 e. The topological polar surface area (TPSA) is 50.9 Å². The number of ether oxygens (including phenoxy) is 1. The molecule has 0 spiro atoms. The van der Waals surface area contributed by atoms with Crippen molar-refractivity contribution in [3.63, 3.8) is 0 Å². The molecule has 1 N–H and O–H groups in total. The number of fused-ring (bicyclic) bond motifs is 1. The van der Waals surface area contributed by atoms with Gasteiger partial charge in [0, 0.05) is 12.4 Å². The minimum absolute atomic E-state index is 0.325. The number of pyridine rings is 1. The largest absolute Gasteiger partial charge is 0.487 e. The molecule has 0 aliphatic carbocycles. The zero-order chi connectivity index (χ0) is 15.5. The molecule has 0 atom stereocenters. The lowest BCUT2D eigenvalue weighted by Crippen LogP contribution is -2.02. The SMILES string of the molecule is CCc1cn2cccc(OCc3ccccc3)c2c1C(=O)O. The molecule has 0 bridgehead atoms. The Labute approximate surface area is 128 Å². The van der Waals surface area contributed by atoms with Crippen molar-refractivity contribution in [2.45, 2.75) is 20.0 Å². The van der Waals surface area contributed by atoms with E-state index >= 15 is 0 Å². The maximum atomic E-state index is 11.6. The number of hydrogen-bond donors (Lipinski definition) is 1. The number of hydrogen-bond acceptors (Lipinski definition) is 2. The van der Waals surface area contributed by atoms with Gasteiger partial charge in [-0.05, 0) is 29.7 Å². The zero-order valence-corrected chi connectivity index (χ0v) is 12.3. The number of aryl methyl sites for hydroxylation is 1. The molecule has 2 heterocycles. The summed E-state index contributed by atoms with van der Waals surface area (Å²) in [4.78, 5) is 11.6. The molecule has 0 saturated carbocycles. The average Bonchev–Trinajstić information content (AvgIpc) is 2.93. The lowest BCUT2D eigenvalue weighted by Gasteiger charge is -2.09. The first kappa shape index (κ1) is 14.2. The number of carboxylic acids is 1. The number of aromatic nitrogens is 1. The molecule has 2 aromatic heterocycles. The number of carboxylic acid groups (broad SMARTS) is 1. The van der Waals surface area contributed by atoms with Crippen molar-refractivity contribution in [3.05, 3.63) is 71.5 Å². The second kappa shape index (κ2) is 5.93. The highest BCUT2D eigenvalue weighted by Crippen LogP contribution is 2.28. The van der Waals surface area contributed by atoms with Gasteiger partial charge in [0.25, 0.3) is 0 Å². The van der Waals surface area contributed by atoms with Crippen molar-refractivity contribution < 1.29 is 14.6 Å². The van der Waals surface area contributed by atoms with Gasteiger partial charge in [0.15, 0.2) is 0 Å². The molecule has 112 valence electrons. The quantitative estimate of drug-likeness (QED) is 0.779. The number of carbonyl (C=O) groups is 1. The van der Waals surface area contributed by atoms with E-state index in [1.807, 2.05) is 66.2 Å². The van der Waals surface area contributed by atoms with Crippen LogP contribution in [0.1, 0.15) is 28.4 Å². The Balaban J connectivity index is 2.02. The van der Waals surface area contributed by atoms with Crippen LogP contribution in [0, 0.1) is 0 Å². The molecule has 0 saturated heterocycles. The van der Waals surface area contributed by atoms with Gasteiger partial charge in [-0.2, -0.15) is 0 Å². The van der Waals surface area contributed by atoms with E-state index in [0.29, 0.717) is 29.9 Å². The van der Waals surface area contributed by atoms with E-state index < -0.39 is 5.97 Å². The van der Waals surface area contributed by atoms with Crippen molar-refractivity contribution in [2.24, 2.45) is 0 Å². The number of benzene rings is 1. The van der Waals surface area contributed by atoms with Crippen molar-refractivity contribution >= 4 is 11.5 Å². The van der Waals surface area contributed by atoms with E-state index in [4.69, 9.17) is 4.74 Å². The van der Waals surface area contributed by atoms with Gasteiger partial charge in [-0.25, -0.2) is 4.79 Å². The fourth-order valence-electron chi connectivity index (χ4n) is 2.61. The van der Waals surface area contributed by atoms with Crippen molar-refractivity contribution in [1.82, 2.24) is 4.40 Å². The van der Waals surface area contributed by atoms with Gasteiger partial charge in [0.05, 0.1) is 5.56 Å². The summed E-state index contributed by atoms with van der Waals surface area (Å²) in [6.07, 6.45) is 4.37. The summed E-state index contributed by atoms with van der Waals surface area (Å²) in [5, 5.41) is 9.52. The minimum atomic E-state index is -0.921. The molecular formula is C18H17NO3. The molecule has 4 heteroatoms. The molecule has 22 heavy (non-hydrogen) atoms. The third kappa shape index (κ3) is 2.55. The number of aromatic carboxylic acids is 1. The minimum Gasteiger partial charge on any atom is -0.487 e. The molecule has 4 nitrogen and oxygen atoms in total. The maximum Gasteiger partial charge on any atom is 0.338 e. The third-order valence-electron chi connectivity index (χ3n) is 3.67. The molecule has 0 radical (unpaired) electrons. The Bertz CT molecular complexity index is 806. The fourth-order valence-corrected chi connectivity index (χ4v) is 2.61. The predicted octanol–water partition coefficient (Wildman–Crippen LogP) is 3.78. The van der Waals surface area contributed by atoms with Crippen molar-refractivity contribution in [3.8, 4) is 5.75 Å². The Morgan fingerprint density at radius 1 is 1.18 bits per heavy atom. The lowest BCUT2D eigenvalue weighted by atomic mass is 10.1. The molecular weight excluding hydrogens is 278 g/mol. The summed E-state index contributed by atoms with van der Waals surface area (Å²) < 4.78 is 7.69. The van der Waals surface area contributed by atoms with Gasteiger partial charge < -0.3 is 14.2 Å². The first-order valence-corrected chi connectivity index (χ1v) is 7.23. The highest BCUT2D eigenvalue weighted by Gasteiger charge is 2.19. The van der Waals surface area contributed by atoms with Crippen LogP contribution in [0.2, 0.25) is 0 Å². The summed E-state index contributed by atoms with van der Waals surface area (Å²) in [5.74, 6) is -0.335. The average molecular weight is 295 g/mol. The highest BCUT2D eigenvalue weighted by atomic mass is 16.5. The van der Waals surface area contributed by atoms with Crippen LogP contribution in [-0.4, -0.2) is 15.5 Å². The molecule has 3 aromatic rings. The van der Waals surface area contributed by atoms with E-state index in [-0.39, 0.29) is 0 Å². The molecule has 0 aliphatic rings. The van der Waals surface area contributed by atoms with Crippen LogP contribution in [0.3, 0.4) is 0 Å². The van der Waals surface area contributed by atoms with E-state index in [0.717, 1.165) is 11.1 Å². The van der Waals surface area contributed by atoms with E-state index in [1.165, 1.54) is 0 Å². The fraction of sp³-hybridized carbons (Fsp3) is 0.167. The molecule has 0 aliphatic heterocycles. The maximum absolute atomic E-state index is 11.6. The van der Waals surface area contributed by atoms with Gasteiger partial charge in [-0.3, -0.25) is 0 Å². The number of nitrogens with zero attached hydrogens (tertiary/aromatic N) is 1. The van der Waals surface area contributed by atoms with Crippen molar-refractivity contribution in [1.29, 1.82) is 0 Å². The second-order valence-corrected chi connectivity index (χ2v) is 5.09. The summed E-state index contributed by atoms with van der Waals surface area (Å²) in [6.45, 7) is 2.36. The standard InChI is InChI=1S/C18H17NO3/c1-2-14-11-19-10-6-9-15(17(19)16(14)18(20)21)22-12-13-7-4-3-5-8-13/h3-11H,2,12H2,1H3,(H,20,21). The molecule has 1 aromatic carbocycles. The van der Waals surface area contributed by atoms with Gasteiger partial charge in [0.1, 0.15) is 17.9 Å². The van der Waals surface area contributed by atoms with E-state index in [9.17, 15) is 9.90 Å². The second-order valence-electron chi connectivity index (χ2n) is 5.09. The number of rotatable bonds is 5. The van der Waals surface area contributed by atoms with Gasteiger partial charge in [-0.1, -0.05) is 37.3 Å². The van der Waals surface area contributed by atoms with Crippen LogP contribution in [0.25, 0.3) is 5.52 Å².